The van der Waals surface area contributed by atoms with Crippen molar-refractivity contribution in [2.45, 2.75) is 31.9 Å². The molecule has 3 aliphatic rings. The molecule has 2 heterocycles. The van der Waals surface area contributed by atoms with Gasteiger partial charge in [0.2, 0.25) is 0 Å². The van der Waals surface area contributed by atoms with Gasteiger partial charge in [0, 0.05) is 0 Å². The summed E-state index contributed by atoms with van der Waals surface area (Å²) < 4.78 is 4.86. The Morgan fingerprint density at radius 3 is 2.92 bits per heavy atom. The molecule has 4 nitrogen and oxygen atoms in total. The summed E-state index contributed by atoms with van der Waals surface area (Å²) >= 11 is 0. The molecule has 0 saturated carbocycles. The second-order valence-electron chi connectivity index (χ2n) is 3.20. The van der Waals surface area contributed by atoms with Crippen molar-refractivity contribution in [3.63, 3.8) is 0 Å². The number of hydrogen-bond donors (Lipinski definition) is 0. The van der Waals surface area contributed by atoms with Crippen LogP contribution in [-0.2, 0) is 9.57 Å². The van der Waals surface area contributed by atoms with Gasteiger partial charge in [-0.2, -0.15) is 5.06 Å². The number of hydrogen-bond acceptors (Lipinski definition) is 3. The van der Waals surface area contributed by atoms with Crippen molar-refractivity contribution in [3.8, 4) is 0 Å². The van der Waals surface area contributed by atoms with Gasteiger partial charge < -0.3 is 4.74 Å². The Morgan fingerprint density at radius 1 is 1.62 bits per heavy atom. The zero-order valence-corrected chi connectivity index (χ0v) is 7.60. The van der Waals surface area contributed by atoms with Gasteiger partial charge in [-0.05, 0) is 19.8 Å². The number of amides is 1. The molecule has 13 heavy (non-hydrogen) atoms. The fourth-order valence-corrected chi connectivity index (χ4v) is 1.65. The van der Waals surface area contributed by atoms with E-state index in [0.29, 0.717) is 6.61 Å². The first kappa shape index (κ1) is 8.56. The molecular formula is C9H13NO3. The molecule has 72 valence electrons. The molecule has 0 radical (unpaired) electrons. The largest absolute Gasteiger partial charge is 0.448 e. The number of ether oxygens (including phenoxy) is 1. The van der Waals surface area contributed by atoms with Gasteiger partial charge in [0.1, 0.15) is 6.10 Å². The molecule has 1 saturated heterocycles. The molecule has 4 heteroatoms. The Balaban J connectivity index is 2.02. The van der Waals surface area contributed by atoms with E-state index < -0.39 is 0 Å². The molecular weight excluding hydrogens is 170 g/mol. The molecule has 2 aliphatic heterocycles. The first-order valence-electron chi connectivity index (χ1n) is 4.62. The van der Waals surface area contributed by atoms with E-state index in [1.54, 1.807) is 6.92 Å². The van der Waals surface area contributed by atoms with E-state index in [2.05, 4.69) is 0 Å². The monoisotopic (exact) mass is 183 g/mol. The van der Waals surface area contributed by atoms with Gasteiger partial charge in [-0.1, -0.05) is 12.2 Å². The van der Waals surface area contributed by atoms with Crippen LogP contribution in [0, 0.1) is 0 Å². The summed E-state index contributed by atoms with van der Waals surface area (Å²) in [7, 11) is 0. The summed E-state index contributed by atoms with van der Waals surface area (Å²) in [6.45, 7) is 2.18. The van der Waals surface area contributed by atoms with Gasteiger partial charge in [-0.3, -0.25) is 4.84 Å². The van der Waals surface area contributed by atoms with Crippen molar-refractivity contribution in [2.24, 2.45) is 0 Å². The first-order chi connectivity index (χ1) is 6.31. The van der Waals surface area contributed by atoms with E-state index in [9.17, 15) is 4.79 Å². The van der Waals surface area contributed by atoms with Crippen molar-refractivity contribution in [1.82, 2.24) is 5.06 Å². The molecule has 1 fully saturated rings. The molecule has 0 aromatic heterocycles. The van der Waals surface area contributed by atoms with Crippen LogP contribution in [0.4, 0.5) is 4.79 Å². The third-order valence-electron chi connectivity index (χ3n) is 2.29. The second-order valence-corrected chi connectivity index (χ2v) is 3.20. The van der Waals surface area contributed by atoms with Crippen molar-refractivity contribution < 1.29 is 14.4 Å². The molecule has 0 aromatic carbocycles. The van der Waals surface area contributed by atoms with Gasteiger partial charge >= 0.3 is 6.09 Å². The average Bonchev–Trinajstić information content (AvgIpc) is 2.20. The van der Waals surface area contributed by atoms with E-state index in [1.165, 1.54) is 5.06 Å². The molecule has 1 amide bonds. The summed E-state index contributed by atoms with van der Waals surface area (Å²) in [6, 6.07) is 0.0732. The maximum absolute atomic E-state index is 11.3. The second kappa shape index (κ2) is 3.38. The molecule has 0 aromatic rings. The molecule has 0 unspecified atom stereocenters. The Hall–Kier alpha value is -1.03. The predicted molar refractivity (Wildman–Crippen MR) is 45.9 cm³/mol. The van der Waals surface area contributed by atoms with Crippen LogP contribution < -0.4 is 0 Å². The standard InChI is InChI=1S/C9H13NO3/c1-2-12-9(11)10-7-3-5-8(13-10)6-4-7/h3,5,7-8H,2,4,6H2,1H3/t7-,8-/m1/s1. The highest BCUT2D eigenvalue weighted by molar-refractivity contribution is 5.67. The highest BCUT2D eigenvalue weighted by Crippen LogP contribution is 2.27. The van der Waals surface area contributed by atoms with Gasteiger partial charge in [-0.15, -0.1) is 0 Å². The van der Waals surface area contributed by atoms with Crippen LogP contribution in [0.25, 0.3) is 0 Å². The van der Waals surface area contributed by atoms with Crippen molar-refractivity contribution >= 4 is 6.09 Å². The van der Waals surface area contributed by atoms with Gasteiger partial charge in [0.25, 0.3) is 0 Å². The number of carbonyl (C=O) groups is 1. The normalized spacial score (nSPS) is 30.7. The molecule has 2 bridgehead atoms. The van der Waals surface area contributed by atoms with Crippen LogP contribution in [0.2, 0.25) is 0 Å². The van der Waals surface area contributed by atoms with Crippen molar-refractivity contribution in [1.29, 1.82) is 0 Å². The van der Waals surface area contributed by atoms with Crippen LogP contribution >= 0.6 is 0 Å². The maximum Gasteiger partial charge on any atom is 0.434 e. The smallest absolute Gasteiger partial charge is 0.434 e. The summed E-state index contributed by atoms with van der Waals surface area (Å²) in [6.07, 6.45) is 5.67. The minimum Gasteiger partial charge on any atom is -0.448 e. The lowest BCUT2D eigenvalue weighted by atomic mass is 9.99. The number of nitrogens with zero attached hydrogens (tertiary/aromatic N) is 1. The third kappa shape index (κ3) is 1.54. The third-order valence-corrected chi connectivity index (χ3v) is 2.29. The van der Waals surface area contributed by atoms with E-state index in [-0.39, 0.29) is 18.2 Å². The fraction of sp³-hybridized carbons (Fsp3) is 0.667. The lowest BCUT2D eigenvalue weighted by Gasteiger charge is -2.39. The topological polar surface area (TPSA) is 38.8 Å². The fourth-order valence-electron chi connectivity index (χ4n) is 1.65. The summed E-state index contributed by atoms with van der Waals surface area (Å²) in [5.41, 5.74) is 0. The number of fused-ring (bicyclic) bond motifs is 2. The lowest BCUT2D eigenvalue weighted by Crippen LogP contribution is -2.48. The minimum absolute atomic E-state index is 0.0643. The van der Waals surface area contributed by atoms with E-state index >= 15 is 0 Å². The molecule has 0 spiro atoms. The zero-order valence-electron chi connectivity index (χ0n) is 7.60. The van der Waals surface area contributed by atoms with E-state index in [0.717, 1.165) is 12.8 Å². The summed E-state index contributed by atoms with van der Waals surface area (Å²) in [5.74, 6) is 0. The zero-order chi connectivity index (χ0) is 9.26. The van der Waals surface area contributed by atoms with Crippen LogP contribution in [0.1, 0.15) is 19.8 Å². The molecule has 2 atom stereocenters. The highest BCUT2D eigenvalue weighted by atomic mass is 16.7. The van der Waals surface area contributed by atoms with Crippen molar-refractivity contribution in [3.05, 3.63) is 12.2 Å². The highest BCUT2D eigenvalue weighted by Gasteiger charge is 2.35. The van der Waals surface area contributed by atoms with Crippen LogP contribution in [0.5, 0.6) is 0 Å². The molecule has 0 N–H and O–H groups in total. The van der Waals surface area contributed by atoms with Gasteiger partial charge in [0.05, 0.1) is 12.6 Å². The quantitative estimate of drug-likeness (QED) is 0.578. The van der Waals surface area contributed by atoms with Crippen LogP contribution in [-0.4, -0.2) is 29.9 Å². The minimum atomic E-state index is -0.374. The van der Waals surface area contributed by atoms with Gasteiger partial charge in [-0.25, -0.2) is 4.79 Å². The number of hydroxylamine groups is 2. The lowest BCUT2D eigenvalue weighted by molar-refractivity contribution is -0.208. The first-order valence-corrected chi connectivity index (χ1v) is 4.62. The van der Waals surface area contributed by atoms with Crippen molar-refractivity contribution in [2.75, 3.05) is 6.61 Å². The Labute approximate surface area is 77.1 Å². The van der Waals surface area contributed by atoms with E-state index in [1.807, 2.05) is 12.2 Å². The summed E-state index contributed by atoms with van der Waals surface area (Å²) in [5, 5.41) is 1.34. The Morgan fingerprint density at radius 2 is 2.46 bits per heavy atom. The van der Waals surface area contributed by atoms with Crippen LogP contribution in [0.15, 0.2) is 12.2 Å². The predicted octanol–water partition coefficient (Wildman–Crippen LogP) is 1.48. The van der Waals surface area contributed by atoms with Gasteiger partial charge in [0.15, 0.2) is 0 Å². The van der Waals surface area contributed by atoms with Crippen LogP contribution in [0.3, 0.4) is 0 Å². The number of rotatable bonds is 1. The number of carbonyl (C=O) groups excluding carboxylic acids is 1. The Kier molecular flexibility index (Phi) is 2.22. The molecule has 3 rings (SSSR count). The SMILES string of the molecule is CCOC(=O)N1O[C@@H]2C=C[C@@H]1CC2. The molecule has 1 aliphatic carbocycles. The average molecular weight is 183 g/mol. The summed E-state index contributed by atoms with van der Waals surface area (Å²) in [4.78, 5) is 16.7. The Bertz CT molecular complexity index is 239. The van der Waals surface area contributed by atoms with E-state index in [4.69, 9.17) is 9.57 Å². The maximum atomic E-state index is 11.3.